The molecule has 0 spiro atoms. The first-order valence-electron chi connectivity index (χ1n) is 2.31. The van der Waals surface area contributed by atoms with E-state index in [-0.39, 0.29) is 0 Å². The molecule has 0 aliphatic heterocycles. The molecule has 0 aromatic carbocycles. The SMILES string of the molecule is FC(F)(F)/C=C(\Cl)OC(F)(F)F. The molecule has 8 heteroatoms. The van der Waals surface area contributed by atoms with Crippen molar-refractivity contribution in [2.45, 2.75) is 12.5 Å². The van der Waals surface area contributed by atoms with Crippen LogP contribution >= 0.6 is 11.6 Å². The molecular formula is C4HClF6O. The van der Waals surface area contributed by atoms with Crippen LogP contribution in [0.2, 0.25) is 0 Å². The van der Waals surface area contributed by atoms with Gasteiger partial charge in [0.15, 0.2) is 0 Å². The number of alkyl halides is 6. The first kappa shape index (κ1) is 11.4. The zero-order valence-corrected chi connectivity index (χ0v) is 5.89. The normalized spacial score (nSPS) is 14.8. The van der Waals surface area contributed by atoms with Crippen LogP contribution in [0.4, 0.5) is 26.3 Å². The second-order valence-electron chi connectivity index (χ2n) is 1.54. The van der Waals surface area contributed by atoms with Gasteiger partial charge >= 0.3 is 12.5 Å². The van der Waals surface area contributed by atoms with Gasteiger partial charge in [-0.1, -0.05) is 0 Å². The summed E-state index contributed by atoms with van der Waals surface area (Å²) < 4.78 is 70.0. The van der Waals surface area contributed by atoms with Crippen molar-refractivity contribution in [2.75, 3.05) is 0 Å². The zero-order chi connectivity index (χ0) is 9.99. The Bertz CT molecular complexity index is 179. The van der Waals surface area contributed by atoms with Gasteiger partial charge < -0.3 is 4.74 Å². The second kappa shape index (κ2) is 3.42. The van der Waals surface area contributed by atoms with Crippen molar-refractivity contribution in [1.82, 2.24) is 0 Å². The Kier molecular flexibility index (Phi) is 3.25. The van der Waals surface area contributed by atoms with Gasteiger partial charge in [0.25, 0.3) is 0 Å². The minimum atomic E-state index is -5.21. The molecule has 0 unspecified atom stereocenters. The lowest BCUT2D eigenvalue weighted by Crippen LogP contribution is -2.13. The third kappa shape index (κ3) is 7.52. The molecule has 0 saturated carbocycles. The van der Waals surface area contributed by atoms with E-state index in [4.69, 9.17) is 0 Å². The molecule has 12 heavy (non-hydrogen) atoms. The molecule has 0 aliphatic carbocycles. The molecule has 0 aromatic heterocycles. The van der Waals surface area contributed by atoms with Crippen LogP contribution in [0.15, 0.2) is 11.3 Å². The Hall–Kier alpha value is -0.590. The Morgan fingerprint density at radius 1 is 1.08 bits per heavy atom. The maximum Gasteiger partial charge on any atom is 0.573 e. The van der Waals surface area contributed by atoms with Gasteiger partial charge in [-0.2, -0.15) is 13.2 Å². The number of hydrogen-bond donors (Lipinski definition) is 0. The van der Waals surface area contributed by atoms with E-state index >= 15 is 0 Å². The molecule has 0 N–H and O–H groups in total. The van der Waals surface area contributed by atoms with Gasteiger partial charge in [-0.3, -0.25) is 0 Å². The number of hydrogen-bond acceptors (Lipinski definition) is 1. The molecule has 72 valence electrons. The van der Waals surface area contributed by atoms with Crippen LogP contribution in [-0.4, -0.2) is 12.5 Å². The van der Waals surface area contributed by atoms with Crippen LogP contribution in [0.3, 0.4) is 0 Å². The average molecular weight is 214 g/mol. The van der Waals surface area contributed by atoms with Crippen molar-refractivity contribution in [3.8, 4) is 0 Å². The standard InChI is InChI=1S/C4HClF6O/c5-2(1-3(6,7)8)12-4(9,10)11/h1H/b2-1+. The van der Waals surface area contributed by atoms with Gasteiger partial charge in [0.2, 0.25) is 5.22 Å². The van der Waals surface area contributed by atoms with E-state index in [2.05, 4.69) is 16.3 Å². The predicted molar refractivity (Wildman–Crippen MR) is 27.1 cm³/mol. The molecule has 0 heterocycles. The fraction of sp³-hybridized carbons (Fsp3) is 0.500. The van der Waals surface area contributed by atoms with Crippen molar-refractivity contribution in [2.24, 2.45) is 0 Å². The van der Waals surface area contributed by atoms with Gasteiger partial charge in [0.1, 0.15) is 0 Å². The summed E-state index contributed by atoms with van der Waals surface area (Å²) >= 11 is 4.45. The maximum absolute atomic E-state index is 11.3. The minimum Gasteiger partial charge on any atom is -0.394 e. The first-order chi connectivity index (χ1) is 5.10. The summed E-state index contributed by atoms with van der Waals surface area (Å²) in [6.45, 7) is 0. The zero-order valence-electron chi connectivity index (χ0n) is 5.13. The van der Waals surface area contributed by atoms with Crippen LogP contribution in [0.1, 0.15) is 0 Å². The summed E-state index contributed by atoms with van der Waals surface area (Å²) in [4.78, 5) is 0. The summed E-state index contributed by atoms with van der Waals surface area (Å²) in [5.41, 5.74) is 0. The average Bonchev–Trinajstić information content (AvgIpc) is 1.49. The van der Waals surface area contributed by atoms with Gasteiger partial charge in [-0.25, -0.2) is 0 Å². The van der Waals surface area contributed by atoms with E-state index in [9.17, 15) is 26.3 Å². The molecule has 0 radical (unpaired) electrons. The van der Waals surface area contributed by atoms with Gasteiger partial charge in [0.05, 0.1) is 6.08 Å². The molecule has 0 atom stereocenters. The molecule has 0 amide bonds. The largest absolute Gasteiger partial charge is 0.573 e. The van der Waals surface area contributed by atoms with Crippen molar-refractivity contribution < 1.29 is 31.1 Å². The molecule has 0 aromatic rings. The van der Waals surface area contributed by atoms with E-state index in [0.717, 1.165) is 0 Å². The number of allylic oxidation sites excluding steroid dienone is 1. The Morgan fingerprint density at radius 3 is 1.75 bits per heavy atom. The van der Waals surface area contributed by atoms with Crippen molar-refractivity contribution >= 4 is 11.6 Å². The highest BCUT2D eigenvalue weighted by molar-refractivity contribution is 6.28. The van der Waals surface area contributed by atoms with Gasteiger partial charge in [-0.15, -0.1) is 13.2 Å². The van der Waals surface area contributed by atoms with Crippen LogP contribution in [-0.2, 0) is 4.74 Å². The smallest absolute Gasteiger partial charge is 0.394 e. The van der Waals surface area contributed by atoms with Crippen molar-refractivity contribution in [3.63, 3.8) is 0 Å². The van der Waals surface area contributed by atoms with Crippen LogP contribution in [0.25, 0.3) is 0 Å². The van der Waals surface area contributed by atoms with Crippen LogP contribution < -0.4 is 0 Å². The quantitative estimate of drug-likeness (QED) is 0.481. The second-order valence-corrected chi connectivity index (χ2v) is 1.91. The molecule has 0 aliphatic rings. The van der Waals surface area contributed by atoms with Gasteiger partial charge in [0, 0.05) is 0 Å². The number of ether oxygens (including phenoxy) is 1. The monoisotopic (exact) mass is 214 g/mol. The lowest BCUT2D eigenvalue weighted by atomic mass is 10.6. The first-order valence-corrected chi connectivity index (χ1v) is 2.69. The summed E-state index contributed by atoms with van der Waals surface area (Å²) in [7, 11) is 0. The minimum absolute atomic E-state index is 0.804. The molecule has 0 rings (SSSR count). The summed E-state index contributed by atoms with van der Waals surface area (Å²) in [5, 5.41) is -1.77. The third-order valence-electron chi connectivity index (χ3n) is 0.490. The number of halogens is 7. The fourth-order valence-corrected chi connectivity index (χ4v) is 0.480. The predicted octanol–water partition coefficient (Wildman–Crippen LogP) is 3.17. The summed E-state index contributed by atoms with van der Waals surface area (Å²) in [6, 6.07) is 0. The summed E-state index contributed by atoms with van der Waals surface area (Å²) in [5.74, 6) is 0. The molecule has 0 saturated heterocycles. The van der Waals surface area contributed by atoms with E-state index in [0.29, 0.717) is 0 Å². The highest BCUT2D eigenvalue weighted by atomic mass is 35.5. The Labute approximate surface area is 67.6 Å². The lowest BCUT2D eigenvalue weighted by molar-refractivity contribution is -0.301. The molecule has 1 nitrogen and oxygen atoms in total. The molecular weight excluding hydrogens is 213 g/mol. The Balaban J connectivity index is 4.23. The topological polar surface area (TPSA) is 9.23 Å². The highest BCUT2D eigenvalue weighted by Gasteiger charge is 2.34. The van der Waals surface area contributed by atoms with E-state index in [1.165, 1.54) is 0 Å². The molecule has 0 bridgehead atoms. The highest BCUT2D eigenvalue weighted by Crippen LogP contribution is 2.26. The molecule has 0 fully saturated rings. The summed E-state index contributed by atoms with van der Waals surface area (Å²) in [6.07, 6.45) is -10.9. The lowest BCUT2D eigenvalue weighted by Gasteiger charge is -2.07. The van der Waals surface area contributed by atoms with E-state index in [1.807, 2.05) is 0 Å². The van der Waals surface area contributed by atoms with Gasteiger partial charge in [-0.05, 0) is 11.6 Å². The van der Waals surface area contributed by atoms with E-state index < -0.39 is 23.8 Å². The van der Waals surface area contributed by atoms with Crippen LogP contribution in [0.5, 0.6) is 0 Å². The fourth-order valence-electron chi connectivity index (χ4n) is 0.269. The van der Waals surface area contributed by atoms with Crippen molar-refractivity contribution in [1.29, 1.82) is 0 Å². The maximum atomic E-state index is 11.3. The van der Waals surface area contributed by atoms with Crippen LogP contribution in [0, 0.1) is 0 Å². The van der Waals surface area contributed by atoms with Crippen molar-refractivity contribution in [3.05, 3.63) is 11.3 Å². The third-order valence-corrected chi connectivity index (χ3v) is 0.677. The Morgan fingerprint density at radius 2 is 1.50 bits per heavy atom. The number of rotatable bonds is 1. The van der Waals surface area contributed by atoms with E-state index in [1.54, 1.807) is 0 Å².